The van der Waals surface area contributed by atoms with Crippen molar-refractivity contribution < 1.29 is 24.2 Å². The van der Waals surface area contributed by atoms with Gasteiger partial charge in [-0.3, -0.25) is 9.59 Å². The summed E-state index contributed by atoms with van der Waals surface area (Å²) in [5, 5.41) is 11.0. The molecule has 0 fully saturated rings. The zero-order valence-electron chi connectivity index (χ0n) is 11.5. The number of benzene rings is 1. The molecule has 0 heterocycles. The van der Waals surface area contributed by atoms with Crippen LogP contribution < -0.4 is 14.8 Å². The van der Waals surface area contributed by atoms with Gasteiger partial charge in [0.1, 0.15) is 17.5 Å². The third kappa shape index (κ3) is 4.31. The summed E-state index contributed by atoms with van der Waals surface area (Å²) in [5.74, 6) is -0.374. The van der Waals surface area contributed by atoms with E-state index in [9.17, 15) is 9.59 Å². The third-order valence-corrected chi connectivity index (χ3v) is 2.58. The smallest absolute Gasteiger partial charge is 0.325 e. The first kappa shape index (κ1) is 15.6. The van der Waals surface area contributed by atoms with E-state index in [1.165, 1.54) is 33.3 Å². The number of methoxy groups -OCH3 is 2. The van der Waals surface area contributed by atoms with Gasteiger partial charge in [-0.1, -0.05) is 0 Å². The van der Waals surface area contributed by atoms with E-state index in [2.05, 4.69) is 5.32 Å². The van der Waals surface area contributed by atoms with Crippen LogP contribution in [0.1, 0.15) is 12.5 Å². The van der Waals surface area contributed by atoms with Crippen LogP contribution in [-0.4, -0.2) is 37.2 Å². The van der Waals surface area contributed by atoms with Crippen molar-refractivity contribution in [2.45, 2.75) is 13.0 Å². The van der Waals surface area contributed by atoms with Crippen molar-refractivity contribution in [1.82, 2.24) is 5.32 Å². The number of hydrogen-bond acceptors (Lipinski definition) is 4. The van der Waals surface area contributed by atoms with Crippen LogP contribution in [0.25, 0.3) is 6.08 Å². The molecule has 0 radical (unpaired) electrons. The summed E-state index contributed by atoms with van der Waals surface area (Å²) in [6, 6.07) is 4.22. The molecule has 0 aliphatic rings. The van der Waals surface area contributed by atoms with Crippen molar-refractivity contribution in [3.63, 3.8) is 0 Å². The number of aliphatic carboxylic acids is 1. The first-order valence-corrected chi connectivity index (χ1v) is 5.91. The van der Waals surface area contributed by atoms with Gasteiger partial charge in [0.2, 0.25) is 5.91 Å². The molecule has 0 aliphatic heterocycles. The summed E-state index contributed by atoms with van der Waals surface area (Å²) < 4.78 is 10.3. The molecule has 1 aromatic rings. The molecule has 1 amide bonds. The maximum absolute atomic E-state index is 11.6. The first-order valence-electron chi connectivity index (χ1n) is 5.91. The molecule has 0 saturated heterocycles. The Morgan fingerprint density at radius 2 is 2.00 bits per heavy atom. The van der Waals surface area contributed by atoms with E-state index in [0.717, 1.165) is 0 Å². The summed E-state index contributed by atoms with van der Waals surface area (Å²) in [6.07, 6.45) is 2.78. The molecule has 6 nitrogen and oxygen atoms in total. The van der Waals surface area contributed by atoms with Gasteiger partial charge in [-0.15, -0.1) is 0 Å². The van der Waals surface area contributed by atoms with Crippen LogP contribution in [0, 0.1) is 0 Å². The van der Waals surface area contributed by atoms with Gasteiger partial charge in [0.15, 0.2) is 0 Å². The molecule has 6 heteroatoms. The minimum atomic E-state index is -1.09. The highest BCUT2D eigenvalue weighted by Gasteiger charge is 2.12. The number of nitrogens with one attached hydrogen (secondary N) is 1. The Morgan fingerprint density at radius 1 is 1.30 bits per heavy atom. The molecule has 108 valence electrons. The van der Waals surface area contributed by atoms with E-state index in [1.807, 2.05) is 0 Å². The monoisotopic (exact) mass is 279 g/mol. The van der Waals surface area contributed by atoms with Crippen molar-refractivity contribution >= 4 is 18.0 Å². The Bertz CT molecular complexity index is 524. The average molecular weight is 279 g/mol. The van der Waals surface area contributed by atoms with Gasteiger partial charge in [-0.2, -0.15) is 0 Å². The molecule has 0 aliphatic carbocycles. The lowest BCUT2D eigenvalue weighted by Crippen LogP contribution is -2.37. The van der Waals surface area contributed by atoms with Crippen LogP contribution in [-0.2, 0) is 9.59 Å². The molecule has 0 unspecified atom stereocenters. The fourth-order valence-electron chi connectivity index (χ4n) is 1.46. The van der Waals surface area contributed by atoms with Crippen LogP contribution in [0.2, 0.25) is 0 Å². The molecule has 0 aromatic heterocycles. The second-order valence-electron chi connectivity index (χ2n) is 4.01. The van der Waals surface area contributed by atoms with Crippen molar-refractivity contribution in [3.05, 3.63) is 29.8 Å². The normalized spacial score (nSPS) is 11.9. The van der Waals surface area contributed by atoms with E-state index in [0.29, 0.717) is 17.1 Å². The molecule has 1 rings (SSSR count). The van der Waals surface area contributed by atoms with Gasteiger partial charge in [-0.05, 0) is 31.2 Å². The number of carbonyl (C=O) groups is 2. The van der Waals surface area contributed by atoms with Gasteiger partial charge >= 0.3 is 5.97 Å². The van der Waals surface area contributed by atoms with Crippen molar-refractivity contribution in [1.29, 1.82) is 0 Å². The second kappa shape index (κ2) is 7.18. The number of ether oxygens (including phenoxy) is 2. The molecular weight excluding hydrogens is 262 g/mol. The molecular formula is C14H17NO5. The van der Waals surface area contributed by atoms with Crippen LogP contribution in [0.3, 0.4) is 0 Å². The predicted molar refractivity (Wildman–Crippen MR) is 73.8 cm³/mol. The van der Waals surface area contributed by atoms with E-state index in [4.69, 9.17) is 14.6 Å². The highest BCUT2D eigenvalue weighted by Crippen LogP contribution is 2.24. The Kier molecular flexibility index (Phi) is 5.58. The standard InChI is InChI=1S/C14H17NO5/c1-9(14(17)18)15-13(16)7-4-10-8-11(19-2)5-6-12(10)20-3/h4-9H,1-3H3,(H,15,16)(H,17,18)/b7-4+/t9-/m1/s1. The molecule has 0 spiro atoms. The fraction of sp³-hybridized carbons (Fsp3) is 0.286. The van der Waals surface area contributed by atoms with Crippen LogP contribution in [0.15, 0.2) is 24.3 Å². The number of hydrogen-bond donors (Lipinski definition) is 2. The third-order valence-electron chi connectivity index (χ3n) is 2.58. The first-order chi connectivity index (χ1) is 9.47. The highest BCUT2D eigenvalue weighted by molar-refractivity contribution is 5.94. The van der Waals surface area contributed by atoms with Crippen LogP contribution >= 0.6 is 0 Å². The lowest BCUT2D eigenvalue weighted by molar-refractivity contribution is -0.140. The highest BCUT2D eigenvalue weighted by atomic mass is 16.5. The van der Waals surface area contributed by atoms with Crippen LogP contribution in [0.4, 0.5) is 0 Å². The minimum absolute atomic E-state index is 0.496. The lowest BCUT2D eigenvalue weighted by Gasteiger charge is -2.08. The van der Waals surface area contributed by atoms with Gasteiger partial charge < -0.3 is 19.9 Å². The summed E-state index contributed by atoms with van der Waals surface area (Å²) >= 11 is 0. The van der Waals surface area contributed by atoms with Gasteiger partial charge in [-0.25, -0.2) is 0 Å². The van der Waals surface area contributed by atoms with Crippen molar-refractivity contribution in [3.8, 4) is 11.5 Å². The number of carbonyl (C=O) groups excluding carboxylic acids is 1. The summed E-state index contributed by atoms with van der Waals surface area (Å²) in [4.78, 5) is 22.2. The van der Waals surface area contributed by atoms with Gasteiger partial charge in [0, 0.05) is 11.6 Å². The Hall–Kier alpha value is -2.50. The summed E-state index contributed by atoms with van der Waals surface area (Å²) in [5.41, 5.74) is 0.657. The van der Waals surface area contributed by atoms with E-state index < -0.39 is 17.9 Å². The molecule has 2 N–H and O–H groups in total. The minimum Gasteiger partial charge on any atom is -0.497 e. The molecule has 1 atom stereocenters. The number of carboxylic acid groups (broad SMARTS) is 1. The maximum atomic E-state index is 11.6. The second-order valence-corrected chi connectivity index (χ2v) is 4.01. The number of amides is 1. The molecule has 1 aromatic carbocycles. The molecule has 0 saturated carbocycles. The fourth-order valence-corrected chi connectivity index (χ4v) is 1.46. The maximum Gasteiger partial charge on any atom is 0.325 e. The van der Waals surface area contributed by atoms with Crippen molar-refractivity contribution in [2.24, 2.45) is 0 Å². The number of carboxylic acids is 1. The molecule has 0 bridgehead atoms. The quantitative estimate of drug-likeness (QED) is 0.767. The largest absolute Gasteiger partial charge is 0.497 e. The van der Waals surface area contributed by atoms with E-state index >= 15 is 0 Å². The summed E-state index contributed by atoms with van der Waals surface area (Å²) in [7, 11) is 3.06. The van der Waals surface area contributed by atoms with Crippen LogP contribution in [0.5, 0.6) is 11.5 Å². The Balaban J connectivity index is 2.83. The average Bonchev–Trinajstić information content (AvgIpc) is 2.44. The predicted octanol–water partition coefficient (Wildman–Crippen LogP) is 1.31. The lowest BCUT2D eigenvalue weighted by atomic mass is 10.1. The van der Waals surface area contributed by atoms with Crippen molar-refractivity contribution in [2.75, 3.05) is 14.2 Å². The SMILES string of the molecule is COc1ccc(OC)c(/C=C/C(=O)N[C@H](C)C(=O)O)c1. The van der Waals surface area contributed by atoms with Gasteiger partial charge in [0.05, 0.1) is 14.2 Å². The Morgan fingerprint density at radius 3 is 2.55 bits per heavy atom. The number of rotatable bonds is 6. The van der Waals surface area contributed by atoms with E-state index in [-0.39, 0.29) is 0 Å². The zero-order chi connectivity index (χ0) is 15.1. The Labute approximate surface area is 117 Å². The zero-order valence-corrected chi connectivity index (χ0v) is 11.5. The summed E-state index contributed by atoms with van der Waals surface area (Å²) in [6.45, 7) is 1.39. The molecule has 20 heavy (non-hydrogen) atoms. The van der Waals surface area contributed by atoms with E-state index in [1.54, 1.807) is 18.2 Å². The van der Waals surface area contributed by atoms with Gasteiger partial charge in [0.25, 0.3) is 0 Å². The topological polar surface area (TPSA) is 84.9 Å².